The summed E-state index contributed by atoms with van der Waals surface area (Å²) in [5.74, 6) is -0.278. The second-order valence-electron chi connectivity index (χ2n) is 6.07. The van der Waals surface area contributed by atoms with Gasteiger partial charge >= 0.3 is 0 Å². The van der Waals surface area contributed by atoms with Crippen LogP contribution in [0.1, 0.15) is 28.8 Å². The normalized spacial score (nSPS) is 16.8. The van der Waals surface area contributed by atoms with Crippen molar-refractivity contribution < 1.29 is 14.5 Å². The molecular weight excluding hydrogens is 298 g/mol. The Balaban J connectivity index is 2.09. The van der Waals surface area contributed by atoms with E-state index < -0.39 is 4.92 Å². The molecule has 0 bridgehead atoms. The zero-order chi connectivity index (χ0) is 16.9. The van der Waals surface area contributed by atoms with Gasteiger partial charge in [0.2, 0.25) is 0 Å². The topological polar surface area (TPSA) is 93.5 Å². The number of carbonyl (C=O) groups is 1. The summed E-state index contributed by atoms with van der Waals surface area (Å²) in [5, 5.41) is 17.2. The van der Waals surface area contributed by atoms with Gasteiger partial charge in [-0.2, -0.15) is 0 Å². The van der Waals surface area contributed by atoms with E-state index >= 15 is 0 Å². The summed E-state index contributed by atoms with van der Waals surface area (Å²) in [4.78, 5) is 23.0. The zero-order valence-corrected chi connectivity index (χ0v) is 13.6. The Morgan fingerprint density at radius 1 is 1.43 bits per heavy atom. The molecule has 1 aromatic carbocycles. The monoisotopic (exact) mass is 321 g/mol. The summed E-state index contributed by atoms with van der Waals surface area (Å²) in [6.07, 6.45) is 1.85. The molecule has 0 spiro atoms. The molecule has 0 aromatic heterocycles. The van der Waals surface area contributed by atoms with Crippen molar-refractivity contribution in [2.45, 2.75) is 19.8 Å². The molecule has 1 saturated heterocycles. The molecule has 1 amide bonds. The van der Waals surface area contributed by atoms with Gasteiger partial charge in [-0.25, -0.2) is 0 Å². The number of nitro benzene ring substituents is 1. The predicted molar refractivity (Wildman–Crippen MR) is 86.6 cm³/mol. The first-order chi connectivity index (χ1) is 11.0. The highest BCUT2D eigenvalue weighted by Crippen LogP contribution is 2.28. The number of carbonyl (C=O) groups excluding carboxylic acids is 1. The van der Waals surface area contributed by atoms with Gasteiger partial charge in [0.05, 0.1) is 11.5 Å². The molecule has 23 heavy (non-hydrogen) atoms. The van der Waals surface area contributed by atoms with Crippen molar-refractivity contribution in [1.29, 1.82) is 0 Å². The SMILES string of the molecule is COCC1(CNC(=O)c2cccc([N+](=O)[O-])c2C)CCNCC1. The fourth-order valence-electron chi connectivity index (χ4n) is 3.07. The van der Waals surface area contributed by atoms with E-state index in [0.29, 0.717) is 24.3 Å². The standard InChI is InChI=1S/C16H23N3O4/c1-12-13(4-3-5-14(12)19(21)22)15(20)18-10-16(11-23-2)6-8-17-9-7-16/h3-5,17H,6-11H2,1-2H3,(H,18,20). The van der Waals surface area contributed by atoms with Crippen LogP contribution in [0.5, 0.6) is 0 Å². The van der Waals surface area contributed by atoms with Gasteiger partial charge in [0.15, 0.2) is 0 Å². The first-order valence-electron chi connectivity index (χ1n) is 7.71. The number of methoxy groups -OCH3 is 1. The minimum absolute atomic E-state index is 0.0360. The second kappa shape index (κ2) is 7.52. The van der Waals surface area contributed by atoms with Gasteiger partial charge in [-0.3, -0.25) is 14.9 Å². The lowest BCUT2D eigenvalue weighted by molar-refractivity contribution is -0.385. The fourth-order valence-corrected chi connectivity index (χ4v) is 3.07. The van der Waals surface area contributed by atoms with E-state index in [0.717, 1.165) is 25.9 Å². The Hall–Kier alpha value is -1.99. The number of nitrogens with one attached hydrogen (secondary N) is 2. The van der Waals surface area contributed by atoms with Gasteiger partial charge < -0.3 is 15.4 Å². The molecule has 0 aliphatic carbocycles. The molecule has 1 aliphatic rings. The minimum atomic E-state index is -0.467. The maximum absolute atomic E-state index is 12.4. The third-order valence-corrected chi connectivity index (χ3v) is 4.49. The Bertz CT molecular complexity index is 577. The highest BCUT2D eigenvalue weighted by Gasteiger charge is 2.32. The Morgan fingerprint density at radius 2 is 2.13 bits per heavy atom. The number of amides is 1. The molecule has 1 heterocycles. The van der Waals surface area contributed by atoms with Crippen LogP contribution in [0.4, 0.5) is 5.69 Å². The van der Waals surface area contributed by atoms with Crippen LogP contribution in [0.3, 0.4) is 0 Å². The largest absolute Gasteiger partial charge is 0.384 e. The van der Waals surface area contributed by atoms with E-state index in [1.165, 1.54) is 12.1 Å². The summed E-state index contributed by atoms with van der Waals surface area (Å²) in [5.41, 5.74) is 0.623. The first-order valence-corrected chi connectivity index (χ1v) is 7.71. The summed E-state index contributed by atoms with van der Waals surface area (Å²) in [6, 6.07) is 4.56. The number of benzene rings is 1. The van der Waals surface area contributed by atoms with Crippen molar-refractivity contribution in [2.24, 2.45) is 5.41 Å². The number of hydrogen-bond donors (Lipinski definition) is 2. The van der Waals surface area contributed by atoms with Crippen LogP contribution in [-0.2, 0) is 4.74 Å². The number of nitrogens with zero attached hydrogens (tertiary/aromatic N) is 1. The van der Waals surface area contributed by atoms with Crippen molar-refractivity contribution >= 4 is 11.6 Å². The van der Waals surface area contributed by atoms with Crippen LogP contribution in [0.15, 0.2) is 18.2 Å². The van der Waals surface area contributed by atoms with E-state index in [4.69, 9.17) is 4.74 Å². The van der Waals surface area contributed by atoms with Gasteiger partial charge in [-0.05, 0) is 38.9 Å². The van der Waals surface area contributed by atoms with Gasteiger partial charge in [-0.15, -0.1) is 0 Å². The fraction of sp³-hybridized carbons (Fsp3) is 0.562. The van der Waals surface area contributed by atoms with E-state index in [2.05, 4.69) is 10.6 Å². The van der Waals surface area contributed by atoms with Crippen LogP contribution in [0.2, 0.25) is 0 Å². The molecule has 0 radical (unpaired) electrons. The summed E-state index contributed by atoms with van der Waals surface area (Å²) in [7, 11) is 1.66. The van der Waals surface area contributed by atoms with Crippen LogP contribution in [0.25, 0.3) is 0 Å². The van der Waals surface area contributed by atoms with E-state index in [1.807, 2.05) is 0 Å². The quantitative estimate of drug-likeness (QED) is 0.614. The summed E-state index contributed by atoms with van der Waals surface area (Å²) >= 11 is 0. The third-order valence-electron chi connectivity index (χ3n) is 4.49. The highest BCUT2D eigenvalue weighted by molar-refractivity contribution is 5.96. The maximum Gasteiger partial charge on any atom is 0.273 e. The van der Waals surface area contributed by atoms with Crippen molar-refractivity contribution in [2.75, 3.05) is 33.4 Å². The molecule has 126 valence electrons. The third kappa shape index (κ3) is 4.05. The molecule has 1 fully saturated rings. The van der Waals surface area contributed by atoms with Crippen LogP contribution < -0.4 is 10.6 Å². The van der Waals surface area contributed by atoms with Crippen molar-refractivity contribution in [3.8, 4) is 0 Å². The van der Waals surface area contributed by atoms with Crippen molar-refractivity contribution in [3.63, 3.8) is 0 Å². The maximum atomic E-state index is 12.4. The van der Waals surface area contributed by atoms with Crippen molar-refractivity contribution in [3.05, 3.63) is 39.4 Å². The smallest absolute Gasteiger partial charge is 0.273 e. The molecule has 7 nitrogen and oxygen atoms in total. The van der Waals surface area contributed by atoms with Gasteiger partial charge in [0.1, 0.15) is 0 Å². The van der Waals surface area contributed by atoms with Crippen molar-refractivity contribution in [1.82, 2.24) is 10.6 Å². The number of rotatable bonds is 6. The zero-order valence-electron chi connectivity index (χ0n) is 13.6. The number of ether oxygens (including phenoxy) is 1. The number of piperidine rings is 1. The molecule has 1 aromatic rings. The molecule has 0 saturated carbocycles. The summed E-state index contributed by atoms with van der Waals surface area (Å²) < 4.78 is 5.33. The molecule has 2 rings (SSSR count). The summed E-state index contributed by atoms with van der Waals surface area (Å²) in [6.45, 7) is 4.49. The minimum Gasteiger partial charge on any atom is -0.384 e. The Morgan fingerprint density at radius 3 is 2.74 bits per heavy atom. The molecule has 2 N–H and O–H groups in total. The van der Waals surface area contributed by atoms with Crippen LogP contribution in [0, 0.1) is 22.5 Å². The van der Waals surface area contributed by atoms with Crippen LogP contribution >= 0.6 is 0 Å². The Labute approximate surface area is 135 Å². The second-order valence-corrected chi connectivity index (χ2v) is 6.07. The highest BCUT2D eigenvalue weighted by atomic mass is 16.6. The average Bonchev–Trinajstić information content (AvgIpc) is 2.54. The molecule has 1 aliphatic heterocycles. The molecule has 0 unspecified atom stereocenters. The van der Waals surface area contributed by atoms with Gasteiger partial charge in [0.25, 0.3) is 11.6 Å². The number of hydrogen-bond acceptors (Lipinski definition) is 5. The van der Waals surface area contributed by atoms with Gasteiger partial charge in [-0.1, -0.05) is 6.07 Å². The van der Waals surface area contributed by atoms with E-state index in [9.17, 15) is 14.9 Å². The average molecular weight is 321 g/mol. The molecule has 0 atom stereocenters. The molecular formula is C16H23N3O4. The van der Waals surface area contributed by atoms with E-state index in [1.54, 1.807) is 20.1 Å². The predicted octanol–water partition coefficient (Wildman–Crippen LogP) is 1.65. The lowest BCUT2D eigenvalue weighted by Gasteiger charge is -2.37. The number of nitro groups is 1. The van der Waals surface area contributed by atoms with E-state index in [-0.39, 0.29) is 17.0 Å². The van der Waals surface area contributed by atoms with Gasteiger partial charge in [0, 0.05) is 36.3 Å². The lowest BCUT2D eigenvalue weighted by atomic mass is 9.79. The van der Waals surface area contributed by atoms with Crippen LogP contribution in [-0.4, -0.2) is 44.2 Å². The first kappa shape index (κ1) is 17.4. The molecule has 7 heteroatoms. The lowest BCUT2D eigenvalue weighted by Crippen LogP contribution is -2.47. The Kier molecular flexibility index (Phi) is 5.68.